The zero-order chi connectivity index (χ0) is 16.7. The van der Waals surface area contributed by atoms with E-state index in [-0.39, 0.29) is 5.78 Å². The van der Waals surface area contributed by atoms with Crippen LogP contribution in [0.2, 0.25) is 0 Å². The molecule has 0 heterocycles. The highest BCUT2D eigenvalue weighted by atomic mass is 16.1. The van der Waals surface area contributed by atoms with Crippen LogP contribution in [-0.4, -0.2) is 31.3 Å². The van der Waals surface area contributed by atoms with Gasteiger partial charge >= 0.3 is 0 Å². The van der Waals surface area contributed by atoms with Gasteiger partial charge in [-0.05, 0) is 57.6 Å². The molecular weight excluding hydrogens is 282 g/mol. The molecule has 0 saturated heterocycles. The summed E-state index contributed by atoms with van der Waals surface area (Å²) >= 11 is 0. The number of nitrogens with zero attached hydrogens (tertiary/aromatic N) is 1. The molecule has 2 aromatic rings. The molecule has 2 aromatic carbocycles. The van der Waals surface area contributed by atoms with Crippen molar-refractivity contribution in [1.29, 1.82) is 0 Å². The molecule has 2 rings (SSSR count). The molecular formula is C21H25NO. The molecule has 120 valence electrons. The van der Waals surface area contributed by atoms with Gasteiger partial charge < -0.3 is 4.90 Å². The maximum Gasteiger partial charge on any atom is 0.185 e. The number of aryl methyl sites for hydroxylation is 2. The van der Waals surface area contributed by atoms with Gasteiger partial charge in [0.2, 0.25) is 0 Å². The summed E-state index contributed by atoms with van der Waals surface area (Å²) in [4.78, 5) is 14.4. The van der Waals surface area contributed by atoms with E-state index in [9.17, 15) is 4.79 Å². The second kappa shape index (κ2) is 8.44. The summed E-state index contributed by atoms with van der Waals surface area (Å²) in [5, 5.41) is 0. The minimum atomic E-state index is 0.0467. The van der Waals surface area contributed by atoms with Gasteiger partial charge in [0.1, 0.15) is 0 Å². The third kappa shape index (κ3) is 5.84. The van der Waals surface area contributed by atoms with Crippen molar-refractivity contribution >= 4 is 11.9 Å². The molecule has 0 aliphatic carbocycles. The van der Waals surface area contributed by atoms with E-state index in [2.05, 4.69) is 38.1 Å². The maximum atomic E-state index is 12.2. The first-order chi connectivity index (χ1) is 11.0. The second-order valence-corrected chi connectivity index (χ2v) is 6.21. The molecule has 2 heteroatoms. The van der Waals surface area contributed by atoms with Crippen LogP contribution in [-0.2, 0) is 6.42 Å². The molecule has 0 fully saturated rings. The Morgan fingerprint density at radius 1 is 1.00 bits per heavy atom. The van der Waals surface area contributed by atoms with Crippen molar-refractivity contribution in [2.45, 2.75) is 19.8 Å². The molecule has 0 aliphatic rings. The Morgan fingerprint density at radius 3 is 2.26 bits per heavy atom. The molecule has 0 aliphatic heterocycles. The van der Waals surface area contributed by atoms with Gasteiger partial charge in [0.05, 0.1) is 0 Å². The summed E-state index contributed by atoms with van der Waals surface area (Å²) in [6.07, 6.45) is 5.69. The van der Waals surface area contributed by atoms with Crippen molar-refractivity contribution in [3.05, 3.63) is 76.9 Å². The highest BCUT2D eigenvalue weighted by molar-refractivity contribution is 6.06. The summed E-state index contributed by atoms with van der Waals surface area (Å²) in [6.45, 7) is 3.14. The van der Waals surface area contributed by atoms with Gasteiger partial charge in [-0.2, -0.15) is 0 Å². The van der Waals surface area contributed by atoms with Crippen molar-refractivity contribution in [2.24, 2.45) is 0 Å². The quantitative estimate of drug-likeness (QED) is 0.558. The molecule has 2 nitrogen and oxygen atoms in total. The van der Waals surface area contributed by atoms with Crippen LogP contribution < -0.4 is 0 Å². The number of allylic oxidation sites excluding steroid dienone is 1. The maximum absolute atomic E-state index is 12.2. The molecule has 0 aromatic heterocycles. The van der Waals surface area contributed by atoms with E-state index in [1.165, 1.54) is 11.1 Å². The van der Waals surface area contributed by atoms with Crippen molar-refractivity contribution in [1.82, 2.24) is 4.90 Å². The van der Waals surface area contributed by atoms with Gasteiger partial charge in [-0.1, -0.05) is 60.2 Å². The number of carbonyl (C=O) groups is 1. The Kier molecular flexibility index (Phi) is 6.30. The molecule has 0 radical (unpaired) electrons. The topological polar surface area (TPSA) is 20.3 Å². The Morgan fingerprint density at radius 2 is 1.65 bits per heavy atom. The third-order valence-corrected chi connectivity index (χ3v) is 3.81. The third-order valence-electron chi connectivity index (χ3n) is 3.81. The van der Waals surface area contributed by atoms with Crippen LogP contribution in [0, 0.1) is 6.92 Å². The van der Waals surface area contributed by atoms with Gasteiger partial charge in [-0.25, -0.2) is 0 Å². The minimum absolute atomic E-state index is 0.0467. The van der Waals surface area contributed by atoms with Gasteiger partial charge in [0, 0.05) is 5.56 Å². The number of benzene rings is 2. The van der Waals surface area contributed by atoms with E-state index in [4.69, 9.17) is 0 Å². The highest BCUT2D eigenvalue weighted by Gasteiger charge is 2.02. The van der Waals surface area contributed by atoms with E-state index in [1.54, 1.807) is 6.08 Å². The predicted molar refractivity (Wildman–Crippen MR) is 97.9 cm³/mol. The summed E-state index contributed by atoms with van der Waals surface area (Å²) in [7, 11) is 4.17. The lowest BCUT2D eigenvalue weighted by Crippen LogP contribution is -2.13. The zero-order valence-corrected chi connectivity index (χ0v) is 14.3. The van der Waals surface area contributed by atoms with Crippen LogP contribution in [0.15, 0.2) is 54.6 Å². The standard InChI is InChI=1S/C21H25NO/c1-17-6-8-19(9-7-17)12-15-21(23)20-13-10-18(11-14-20)5-4-16-22(2)3/h6-15H,4-5,16H2,1-3H3/b15-12+. The fraction of sp³-hybridized carbons (Fsp3) is 0.286. The Bertz CT molecular complexity index is 651. The van der Waals surface area contributed by atoms with Crippen molar-refractivity contribution in [3.8, 4) is 0 Å². The molecule has 0 atom stereocenters. The SMILES string of the molecule is Cc1ccc(/C=C/C(=O)c2ccc(CCCN(C)C)cc2)cc1. The largest absolute Gasteiger partial charge is 0.309 e. The number of hydrogen-bond acceptors (Lipinski definition) is 2. The van der Waals surface area contributed by atoms with Crippen LogP contribution in [0.25, 0.3) is 6.08 Å². The van der Waals surface area contributed by atoms with Crippen LogP contribution >= 0.6 is 0 Å². The molecule has 0 bridgehead atoms. The van der Waals surface area contributed by atoms with Crippen molar-refractivity contribution in [2.75, 3.05) is 20.6 Å². The van der Waals surface area contributed by atoms with Gasteiger partial charge in [0.25, 0.3) is 0 Å². The number of carbonyl (C=O) groups excluding carboxylic acids is 1. The highest BCUT2D eigenvalue weighted by Crippen LogP contribution is 2.10. The van der Waals surface area contributed by atoms with E-state index in [1.807, 2.05) is 42.5 Å². The minimum Gasteiger partial charge on any atom is -0.309 e. The second-order valence-electron chi connectivity index (χ2n) is 6.21. The fourth-order valence-corrected chi connectivity index (χ4v) is 2.38. The summed E-state index contributed by atoms with van der Waals surface area (Å²) in [5.74, 6) is 0.0467. The molecule has 0 N–H and O–H groups in total. The monoisotopic (exact) mass is 307 g/mol. The van der Waals surface area contributed by atoms with Crippen LogP contribution in [0.4, 0.5) is 0 Å². The van der Waals surface area contributed by atoms with Crippen molar-refractivity contribution in [3.63, 3.8) is 0 Å². The average Bonchev–Trinajstić information content (AvgIpc) is 2.54. The summed E-state index contributed by atoms with van der Waals surface area (Å²) in [5.41, 5.74) is 4.29. The average molecular weight is 307 g/mol. The Labute approximate surface area is 139 Å². The van der Waals surface area contributed by atoms with E-state index >= 15 is 0 Å². The first-order valence-corrected chi connectivity index (χ1v) is 8.07. The molecule has 23 heavy (non-hydrogen) atoms. The van der Waals surface area contributed by atoms with E-state index in [0.29, 0.717) is 0 Å². The van der Waals surface area contributed by atoms with Gasteiger partial charge in [0.15, 0.2) is 5.78 Å². The fourth-order valence-electron chi connectivity index (χ4n) is 2.38. The predicted octanol–water partition coefficient (Wildman–Crippen LogP) is 4.39. The van der Waals surface area contributed by atoms with Crippen LogP contribution in [0.5, 0.6) is 0 Å². The lowest BCUT2D eigenvalue weighted by Gasteiger charge is -2.08. The first-order valence-electron chi connectivity index (χ1n) is 8.07. The van der Waals surface area contributed by atoms with Crippen molar-refractivity contribution < 1.29 is 4.79 Å². The number of hydrogen-bond donors (Lipinski definition) is 0. The normalized spacial score (nSPS) is 11.3. The van der Waals surface area contributed by atoms with E-state index in [0.717, 1.165) is 30.5 Å². The summed E-state index contributed by atoms with van der Waals surface area (Å²) < 4.78 is 0. The van der Waals surface area contributed by atoms with Gasteiger partial charge in [-0.15, -0.1) is 0 Å². The first kappa shape index (κ1) is 17.2. The summed E-state index contributed by atoms with van der Waals surface area (Å²) in [6, 6.07) is 16.1. The smallest absolute Gasteiger partial charge is 0.185 e. The lowest BCUT2D eigenvalue weighted by atomic mass is 10.0. The van der Waals surface area contributed by atoms with E-state index < -0.39 is 0 Å². The Hall–Kier alpha value is -2.19. The molecule has 0 spiro atoms. The Balaban J connectivity index is 1.93. The van der Waals surface area contributed by atoms with Crippen LogP contribution in [0.1, 0.15) is 33.5 Å². The lowest BCUT2D eigenvalue weighted by molar-refractivity contribution is 0.104. The van der Waals surface area contributed by atoms with Gasteiger partial charge in [-0.3, -0.25) is 4.79 Å². The zero-order valence-electron chi connectivity index (χ0n) is 14.3. The van der Waals surface area contributed by atoms with Crippen LogP contribution in [0.3, 0.4) is 0 Å². The molecule has 0 unspecified atom stereocenters. The number of rotatable bonds is 7. The molecule has 0 amide bonds. The number of ketones is 1. The molecule has 0 saturated carbocycles.